The second-order valence-electron chi connectivity index (χ2n) is 5.83. The maximum absolute atomic E-state index is 11.7. The highest BCUT2D eigenvalue weighted by Gasteiger charge is 2.04. The van der Waals surface area contributed by atoms with Crippen LogP contribution in [0.5, 0.6) is 11.5 Å². The van der Waals surface area contributed by atoms with Crippen LogP contribution < -0.4 is 20.3 Å². The van der Waals surface area contributed by atoms with Crippen LogP contribution in [-0.4, -0.2) is 25.5 Å². The zero-order chi connectivity index (χ0) is 19.5. The van der Waals surface area contributed by atoms with Gasteiger partial charge in [0.1, 0.15) is 11.5 Å². The van der Waals surface area contributed by atoms with E-state index >= 15 is 0 Å². The molecule has 2 rings (SSSR count). The average molecular weight is 368 g/mol. The van der Waals surface area contributed by atoms with E-state index in [1.165, 1.54) is 11.6 Å². The van der Waals surface area contributed by atoms with Crippen molar-refractivity contribution in [3.63, 3.8) is 0 Å². The molecule has 0 atom stereocenters. The molecule has 2 aromatic carbocycles. The summed E-state index contributed by atoms with van der Waals surface area (Å²) in [6.07, 6.45) is 5.05. The lowest BCUT2D eigenvalue weighted by molar-refractivity contribution is -0.128. The molecule has 2 amide bonds. The van der Waals surface area contributed by atoms with Gasteiger partial charge in [0, 0.05) is 6.08 Å². The third-order valence-corrected chi connectivity index (χ3v) is 3.70. The number of hydrogen-bond donors (Lipinski definition) is 2. The molecule has 6 nitrogen and oxygen atoms in total. The first-order chi connectivity index (χ1) is 13.1. The number of rotatable bonds is 8. The van der Waals surface area contributed by atoms with E-state index < -0.39 is 11.8 Å². The van der Waals surface area contributed by atoms with Crippen molar-refractivity contribution in [3.05, 3.63) is 65.7 Å². The number of nitrogens with one attached hydrogen (secondary N) is 2. The average Bonchev–Trinajstić information content (AvgIpc) is 2.70. The topological polar surface area (TPSA) is 76.7 Å². The molecule has 0 aliphatic rings. The lowest BCUT2D eigenvalue weighted by Gasteiger charge is -2.08. The molecule has 0 bridgehead atoms. The standard InChI is InChI=1S/C21H24N2O4/c1-3-4-16-7-12-19(13-8-16)27-15-21(25)23-22-20(24)14-9-17-5-10-18(26-2)11-6-17/h5-14H,3-4,15H2,1-2H3,(H,22,24)(H,23,25)/b14-9+. The predicted octanol–water partition coefficient (Wildman–Crippen LogP) is 2.89. The number of amides is 2. The van der Waals surface area contributed by atoms with E-state index in [2.05, 4.69) is 17.8 Å². The van der Waals surface area contributed by atoms with Crippen LogP contribution in [0, 0.1) is 0 Å². The summed E-state index contributed by atoms with van der Waals surface area (Å²) >= 11 is 0. The summed E-state index contributed by atoms with van der Waals surface area (Å²) < 4.78 is 10.5. The number of hydrogen-bond acceptors (Lipinski definition) is 4. The minimum atomic E-state index is -0.446. The van der Waals surface area contributed by atoms with Gasteiger partial charge in [-0.25, -0.2) is 0 Å². The number of benzene rings is 2. The second-order valence-corrected chi connectivity index (χ2v) is 5.83. The number of methoxy groups -OCH3 is 1. The molecule has 0 fully saturated rings. The third kappa shape index (κ3) is 7.23. The Morgan fingerprint density at radius 2 is 1.63 bits per heavy atom. The van der Waals surface area contributed by atoms with Crippen molar-refractivity contribution in [1.29, 1.82) is 0 Å². The van der Waals surface area contributed by atoms with Crippen molar-refractivity contribution < 1.29 is 19.1 Å². The summed E-state index contributed by atoms with van der Waals surface area (Å²) in [6.45, 7) is 1.94. The molecule has 27 heavy (non-hydrogen) atoms. The number of hydrazine groups is 1. The molecule has 142 valence electrons. The Labute approximate surface area is 159 Å². The highest BCUT2D eigenvalue weighted by molar-refractivity contribution is 5.93. The molecule has 0 aliphatic carbocycles. The minimum absolute atomic E-state index is 0.185. The van der Waals surface area contributed by atoms with Crippen molar-refractivity contribution in [1.82, 2.24) is 10.9 Å². The van der Waals surface area contributed by atoms with E-state index in [0.717, 1.165) is 24.2 Å². The van der Waals surface area contributed by atoms with Crippen LogP contribution in [0.2, 0.25) is 0 Å². The zero-order valence-corrected chi connectivity index (χ0v) is 15.5. The number of ether oxygens (including phenoxy) is 2. The van der Waals surface area contributed by atoms with Crippen molar-refractivity contribution in [2.24, 2.45) is 0 Å². The Hall–Kier alpha value is -3.28. The fourth-order valence-corrected chi connectivity index (χ4v) is 2.29. The lowest BCUT2D eigenvalue weighted by Crippen LogP contribution is -2.43. The monoisotopic (exact) mass is 368 g/mol. The normalized spacial score (nSPS) is 10.4. The Morgan fingerprint density at radius 3 is 2.26 bits per heavy atom. The van der Waals surface area contributed by atoms with E-state index in [1.807, 2.05) is 36.4 Å². The van der Waals surface area contributed by atoms with Crippen LogP contribution in [0.15, 0.2) is 54.6 Å². The van der Waals surface area contributed by atoms with Crippen molar-refractivity contribution in [2.45, 2.75) is 19.8 Å². The molecule has 0 radical (unpaired) electrons. The maximum Gasteiger partial charge on any atom is 0.276 e. The summed E-state index contributed by atoms with van der Waals surface area (Å²) in [5, 5.41) is 0. The van der Waals surface area contributed by atoms with E-state index in [0.29, 0.717) is 5.75 Å². The van der Waals surface area contributed by atoms with E-state index in [-0.39, 0.29) is 6.61 Å². The number of carbonyl (C=O) groups excluding carboxylic acids is 2. The van der Waals surface area contributed by atoms with Gasteiger partial charge in [-0.05, 0) is 47.9 Å². The van der Waals surface area contributed by atoms with E-state index in [4.69, 9.17) is 9.47 Å². The molecule has 0 saturated carbocycles. The largest absolute Gasteiger partial charge is 0.497 e. The summed E-state index contributed by atoms with van der Waals surface area (Å²) in [5.41, 5.74) is 6.68. The number of carbonyl (C=O) groups is 2. The van der Waals surface area contributed by atoms with Gasteiger partial charge >= 0.3 is 0 Å². The zero-order valence-electron chi connectivity index (χ0n) is 15.5. The van der Waals surface area contributed by atoms with Gasteiger partial charge in [0.05, 0.1) is 7.11 Å². The third-order valence-electron chi connectivity index (χ3n) is 3.70. The van der Waals surface area contributed by atoms with Crippen molar-refractivity contribution in [2.75, 3.05) is 13.7 Å². The van der Waals surface area contributed by atoms with Crippen molar-refractivity contribution in [3.8, 4) is 11.5 Å². The molecular formula is C21H24N2O4. The Morgan fingerprint density at radius 1 is 0.963 bits per heavy atom. The molecule has 0 aromatic heterocycles. The lowest BCUT2D eigenvalue weighted by atomic mass is 10.1. The molecule has 6 heteroatoms. The molecule has 0 unspecified atom stereocenters. The maximum atomic E-state index is 11.7. The first-order valence-electron chi connectivity index (χ1n) is 8.73. The van der Waals surface area contributed by atoms with Crippen molar-refractivity contribution >= 4 is 17.9 Å². The van der Waals surface area contributed by atoms with Crippen LogP contribution in [-0.2, 0) is 16.0 Å². The Balaban J connectivity index is 1.70. The van der Waals surface area contributed by atoms with Gasteiger partial charge in [-0.2, -0.15) is 0 Å². The van der Waals surface area contributed by atoms with E-state index in [1.54, 1.807) is 25.3 Å². The fraction of sp³-hybridized carbons (Fsp3) is 0.238. The molecule has 0 saturated heterocycles. The summed E-state index contributed by atoms with van der Waals surface area (Å²) in [7, 11) is 1.59. The quantitative estimate of drug-likeness (QED) is 0.555. The van der Waals surface area contributed by atoms with Gasteiger partial charge in [0.25, 0.3) is 11.8 Å². The van der Waals surface area contributed by atoms with Crippen LogP contribution in [0.4, 0.5) is 0 Å². The molecule has 2 N–H and O–H groups in total. The first kappa shape index (κ1) is 20.0. The fourth-order valence-electron chi connectivity index (χ4n) is 2.29. The Bertz CT molecular complexity index is 768. The van der Waals surface area contributed by atoms with Gasteiger partial charge in [-0.1, -0.05) is 37.6 Å². The predicted molar refractivity (Wildman–Crippen MR) is 104 cm³/mol. The van der Waals surface area contributed by atoms with Gasteiger partial charge in [0.15, 0.2) is 6.61 Å². The highest BCUT2D eigenvalue weighted by atomic mass is 16.5. The van der Waals surface area contributed by atoms with Crippen LogP contribution >= 0.6 is 0 Å². The smallest absolute Gasteiger partial charge is 0.276 e. The van der Waals surface area contributed by atoms with Gasteiger partial charge in [-0.15, -0.1) is 0 Å². The molecule has 0 spiro atoms. The summed E-state index contributed by atoms with van der Waals surface area (Å²) in [4.78, 5) is 23.5. The molecule has 0 aliphatic heterocycles. The highest BCUT2D eigenvalue weighted by Crippen LogP contribution is 2.13. The van der Waals surface area contributed by atoms with Crippen LogP contribution in [0.25, 0.3) is 6.08 Å². The van der Waals surface area contributed by atoms with Crippen LogP contribution in [0.1, 0.15) is 24.5 Å². The van der Waals surface area contributed by atoms with Gasteiger partial charge < -0.3 is 9.47 Å². The minimum Gasteiger partial charge on any atom is -0.497 e. The molecule has 0 heterocycles. The summed E-state index contributed by atoms with van der Waals surface area (Å²) in [6, 6.07) is 14.8. The first-order valence-corrected chi connectivity index (χ1v) is 8.73. The summed E-state index contributed by atoms with van der Waals surface area (Å²) in [5.74, 6) is 0.460. The van der Waals surface area contributed by atoms with Crippen LogP contribution in [0.3, 0.4) is 0 Å². The Kier molecular flexibility index (Phi) is 7.91. The SMILES string of the molecule is CCCc1ccc(OCC(=O)NNC(=O)/C=C/c2ccc(OC)cc2)cc1. The van der Waals surface area contributed by atoms with E-state index in [9.17, 15) is 9.59 Å². The van der Waals surface area contributed by atoms with Gasteiger partial charge in [-0.3, -0.25) is 20.4 Å². The second kappa shape index (κ2) is 10.7. The van der Waals surface area contributed by atoms with Gasteiger partial charge in [0.2, 0.25) is 0 Å². The molecular weight excluding hydrogens is 344 g/mol. The number of aryl methyl sites for hydroxylation is 1. The molecule has 2 aromatic rings.